The van der Waals surface area contributed by atoms with Gasteiger partial charge in [-0.15, -0.1) is 0 Å². The van der Waals surface area contributed by atoms with Crippen molar-refractivity contribution in [2.45, 2.75) is 31.9 Å². The van der Waals surface area contributed by atoms with Gasteiger partial charge >= 0.3 is 18.3 Å². The first-order valence-electron chi connectivity index (χ1n) is 10.6. The molecule has 0 fully saturated rings. The van der Waals surface area contributed by atoms with Crippen LogP contribution in [-0.2, 0) is 6.54 Å². The first-order chi connectivity index (χ1) is 17.1. The summed E-state index contributed by atoms with van der Waals surface area (Å²) < 4.78 is 61.0. The molecule has 1 unspecified atom stereocenters. The van der Waals surface area contributed by atoms with Gasteiger partial charge in [0.2, 0.25) is 5.88 Å². The molecule has 1 aromatic carbocycles. The molecule has 3 aromatic rings. The Bertz CT molecular complexity index is 1290. The van der Waals surface area contributed by atoms with Crippen molar-refractivity contribution in [1.82, 2.24) is 14.9 Å². The summed E-state index contributed by atoms with van der Waals surface area (Å²) in [5, 5.41) is -0.192. The van der Waals surface area contributed by atoms with E-state index in [0.717, 1.165) is 0 Å². The van der Waals surface area contributed by atoms with Crippen molar-refractivity contribution < 1.29 is 36.6 Å². The number of halogens is 5. The molecule has 1 aliphatic heterocycles. The minimum absolute atomic E-state index is 0.000679. The van der Waals surface area contributed by atoms with E-state index in [4.69, 9.17) is 16.3 Å². The van der Waals surface area contributed by atoms with Crippen LogP contribution in [0.1, 0.15) is 44.9 Å². The van der Waals surface area contributed by atoms with Crippen molar-refractivity contribution >= 4 is 23.5 Å². The highest BCUT2D eigenvalue weighted by Gasteiger charge is 2.42. The normalized spacial score (nSPS) is 14.1. The third-order valence-corrected chi connectivity index (χ3v) is 5.79. The highest BCUT2D eigenvalue weighted by atomic mass is 35.5. The summed E-state index contributed by atoms with van der Waals surface area (Å²) >= 11 is 6.06. The van der Waals surface area contributed by atoms with E-state index in [2.05, 4.69) is 14.7 Å². The van der Waals surface area contributed by atoms with Gasteiger partial charge in [-0.2, -0.15) is 8.78 Å². The van der Waals surface area contributed by atoms with Gasteiger partial charge in [0.25, 0.3) is 5.91 Å². The fourth-order valence-electron chi connectivity index (χ4n) is 3.56. The molecule has 0 aliphatic carbocycles. The largest absolute Gasteiger partial charge is 0.470 e. The highest BCUT2D eigenvalue weighted by Crippen LogP contribution is 2.35. The van der Waals surface area contributed by atoms with Crippen LogP contribution in [-0.4, -0.2) is 45.7 Å². The zero-order valence-electron chi connectivity index (χ0n) is 18.6. The first-order valence-corrected chi connectivity index (χ1v) is 11.0. The second kappa shape index (κ2) is 10.1. The molecule has 36 heavy (non-hydrogen) atoms. The Hall–Kier alpha value is -3.73. The molecule has 1 amide bonds. The van der Waals surface area contributed by atoms with Crippen molar-refractivity contribution in [3.8, 4) is 11.6 Å². The summed E-state index contributed by atoms with van der Waals surface area (Å²) in [5.74, 6) is -5.57. The van der Waals surface area contributed by atoms with Crippen molar-refractivity contribution in [3.05, 3.63) is 82.3 Å². The number of esters is 1. The van der Waals surface area contributed by atoms with Crippen molar-refractivity contribution in [1.29, 1.82) is 0 Å². The Kier molecular flexibility index (Phi) is 7.11. The Morgan fingerprint density at radius 3 is 2.58 bits per heavy atom. The molecule has 4 rings (SSSR count). The number of benzene rings is 1. The smallest absolute Gasteiger partial charge is 0.362 e. The number of amides is 1. The van der Waals surface area contributed by atoms with E-state index in [1.807, 2.05) is 0 Å². The van der Waals surface area contributed by atoms with Crippen LogP contribution in [0.3, 0.4) is 0 Å². The van der Waals surface area contributed by atoms with Crippen molar-refractivity contribution in [2.24, 2.45) is 0 Å². The Balaban J connectivity index is 1.51. The standard InChI is InChI=1S/C24H18ClF4N3O4/c1-13(14-9-18(25)20(31-10-14)35-12-24(28,29)23(26)27)32-11-17-16(21(32)33)7-8-30-19(17)22(34)36-15-5-3-2-4-6-15/h2-10,13,23H,11-12H2,1H3. The van der Waals surface area contributed by atoms with Crippen molar-refractivity contribution in [3.63, 3.8) is 0 Å². The Morgan fingerprint density at radius 1 is 1.19 bits per heavy atom. The molecule has 0 N–H and O–H groups in total. The fourth-order valence-corrected chi connectivity index (χ4v) is 3.79. The monoisotopic (exact) mass is 523 g/mol. The molecule has 3 heterocycles. The number of para-hydroxylation sites is 1. The van der Waals surface area contributed by atoms with Gasteiger partial charge in [-0.1, -0.05) is 29.8 Å². The maximum absolute atomic E-state index is 13.1. The number of rotatable bonds is 8. The predicted octanol–water partition coefficient (Wildman–Crippen LogP) is 5.35. The summed E-state index contributed by atoms with van der Waals surface area (Å²) in [5.41, 5.74) is 1.10. The van der Waals surface area contributed by atoms with E-state index in [1.165, 1.54) is 29.4 Å². The van der Waals surface area contributed by atoms with Crippen LogP contribution >= 0.6 is 11.6 Å². The lowest BCUT2D eigenvalue weighted by Crippen LogP contribution is -2.34. The highest BCUT2D eigenvalue weighted by molar-refractivity contribution is 6.31. The Labute approximate surface area is 207 Å². The van der Waals surface area contributed by atoms with Crippen LogP contribution in [0.15, 0.2) is 54.9 Å². The molecule has 1 atom stereocenters. The quantitative estimate of drug-likeness (QED) is 0.225. The lowest BCUT2D eigenvalue weighted by atomic mass is 10.1. The fraction of sp³-hybridized carbons (Fsp3) is 0.250. The number of carbonyl (C=O) groups is 2. The van der Waals surface area contributed by atoms with Crippen LogP contribution < -0.4 is 9.47 Å². The molecule has 2 aromatic heterocycles. The average Bonchev–Trinajstić information content (AvgIpc) is 3.19. The maximum atomic E-state index is 13.1. The molecular weight excluding hydrogens is 506 g/mol. The molecule has 7 nitrogen and oxygen atoms in total. The van der Waals surface area contributed by atoms with Gasteiger partial charge in [0, 0.05) is 30.1 Å². The average molecular weight is 524 g/mol. The van der Waals surface area contributed by atoms with Crippen molar-refractivity contribution in [2.75, 3.05) is 6.61 Å². The number of ether oxygens (including phenoxy) is 2. The number of carbonyl (C=O) groups excluding carboxylic acids is 2. The van der Waals surface area contributed by atoms with Crippen LogP contribution in [0.5, 0.6) is 11.6 Å². The lowest BCUT2D eigenvalue weighted by Gasteiger charge is -2.25. The maximum Gasteiger partial charge on any atom is 0.362 e. The van der Waals surface area contributed by atoms with E-state index >= 15 is 0 Å². The zero-order chi connectivity index (χ0) is 26.0. The minimum atomic E-state index is -4.36. The number of nitrogens with zero attached hydrogens (tertiary/aromatic N) is 3. The van der Waals surface area contributed by atoms with E-state index in [-0.39, 0.29) is 28.7 Å². The number of aromatic nitrogens is 2. The minimum Gasteiger partial charge on any atom is -0.470 e. The molecule has 0 radical (unpaired) electrons. The summed E-state index contributed by atoms with van der Waals surface area (Å²) in [7, 11) is 0. The molecular formula is C24H18ClF4N3O4. The zero-order valence-corrected chi connectivity index (χ0v) is 19.4. The van der Waals surface area contributed by atoms with E-state index in [0.29, 0.717) is 16.9 Å². The number of alkyl halides is 4. The van der Waals surface area contributed by atoms with Crippen LogP contribution in [0.2, 0.25) is 5.02 Å². The van der Waals surface area contributed by atoms with Crippen LogP contribution in [0.4, 0.5) is 17.6 Å². The number of hydrogen-bond acceptors (Lipinski definition) is 6. The second-order valence-corrected chi connectivity index (χ2v) is 8.31. The Morgan fingerprint density at radius 2 is 1.92 bits per heavy atom. The molecule has 1 aliphatic rings. The molecule has 188 valence electrons. The molecule has 0 bridgehead atoms. The van der Waals surface area contributed by atoms with Gasteiger partial charge in [0.1, 0.15) is 10.8 Å². The number of pyridine rings is 2. The summed E-state index contributed by atoms with van der Waals surface area (Å²) in [6, 6.07) is 10.6. The second-order valence-electron chi connectivity index (χ2n) is 7.90. The summed E-state index contributed by atoms with van der Waals surface area (Å²) in [4.78, 5) is 35.2. The SMILES string of the molecule is CC(c1cnc(OCC(F)(F)C(F)F)c(Cl)c1)N1Cc2c(ccnc2C(=O)Oc2ccccc2)C1=O. The van der Waals surface area contributed by atoms with Crippen LogP contribution in [0.25, 0.3) is 0 Å². The topological polar surface area (TPSA) is 81.6 Å². The lowest BCUT2D eigenvalue weighted by molar-refractivity contribution is -0.148. The molecule has 0 saturated carbocycles. The van der Waals surface area contributed by atoms with Gasteiger partial charge in [-0.25, -0.2) is 23.5 Å². The van der Waals surface area contributed by atoms with Crippen LogP contribution in [0, 0.1) is 0 Å². The molecule has 0 saturated heterocycles. The van der Waals surface area contributed by atoms with Gasteiger partial charge < -0.3 is 14.4 Å². The van der Waals surface area contributed by atoms with Gasteiger partial charge in [0.15, 0.2) is 12.3 Å². The van der Waals surface area contributed by atoms with E-state index in [9.17, 15) is 27.2 Å². The third kappa shape index (κ3) is 5.11. The van der Waals surface area contributed by atoms with E-state index in [1.54, 1.807) is 37.3 Å². The third-order valence-electron chi connectivity index (χ3n) is 5.52. The molecule has 0 spiro atoms. The summed E-state index contributed by atoms with van der Waals surface area (Å²) in [6.45, 7) is 0.123. The number of fused-ring (bicyclic) bond motifs is 1. The van der Waals surface area contributed by atoms with Gasteiger partial charge in [-0.3, -0.25) is 4.79 Å². The van der Waals surface area contributed by atoms with Gasteiger partial charge in [-0.05, 0) is 36.8 Å². The predicted molar refractivity (Wildman–Crippen MR) is 120 cm³/mol. The molecule has 12 heteroatoms. The first kappa shape index (κ1) is 25.4. The van der Waals surface area contributed by atoms with E-state index < -0.39 is 36.8 Å². The number of hydrogen-bond donors (Lipinski definition) is 0. The van der Waals surface area contributed by atoms with Gasteiger partial charge in [0.05, 0.1) is 6.04 Å². The summed E-state index contributed by atoms with van der Waals surface area (Å²) in [6.07, 6.45) is -1.32.